The minimum Gasteiger partial charge on any atom is -0.456 e. The normalized spacial score (nSPS) is 16.4. The summed E-state index contributed by atoms with van der Waals surface area (Å²) in [6, 6.07) is 93.0. The Balaban J connectivity index is 0.633. The van der Waals surface area contributed by atoms with Crippen LogP contribution in [0.15, 0.2) is 247 Å². The van der Waals surface area contributed by atoms with E-state index in [1.54, 1.807) is 11.1 Å². The van der Waals surface area contributed by atoms with Crippen LogP contribution in [0.1, 0.15) is 111 Å². The molecule has 20 rings (SSSR count). The second-order valence-corrected chi connectivity index (χ2v) is 27.7. The molecular weight excluding hydrogens is 1090 g/mol. The smallest absolute Gasteiger partial charge is 0.136 e. The Bertz CT molecular complexity index is 5570. The third-order valence-electron chi connectivity index (χ3n) is 22.9. The van der Waals surface area contributed by atoms with Gasteiger partial charge >= 0.3 is 0 Å². The van der Waals surface area contributed by atoms with Gasteiger partial charge in [0, 0.05) is 59.9 Å². The molecule has 90 heavy (non-hydrogen) atoms. The van der Waals surface area contributed by atoms with Crippen molar-refractivity contribution < 1.29 is 4.42 Å². The Morgan fingerprint density at radius 3 is 1.28 bits per heavy atom. The molecule has 3 aromatic heterocycles. The summed E-state index contributed by atoms with van der Waals surface area (Å²) in [4.78, 5) is 0. The zero-order chi connectivity index (χ0) is 59.2. The lowest BCUT2D eigenvalue weighted by atomic mass is 9.67. The molecule has 0 saturated heterocycles. The van der Waals surface area contributed by atoms with Gasteiger partial charge in [-0.15, -0.1) is 0 Å². The number of fused-ring (bicyclic) bond motifs is 22. The molecular formula is C87H66N2O. The van der Waals surface area contributed by atoms with E-state index in [0.29, 0.717) is 0 Å². The van der Waals surface area contributed by atoms with Crippen molar-refractivity contribution in [1.29, 1.82) is 0 Å². The highest BCUT2D eigenvalue weighted by atomic mass is 16.3. The highest BCUT2D eigenvalue weighted by Crippen LogP contribution is 2.61. The van der Waals surface area contributed by atoms with Gasteiger partial charge in [-0.05, 0) is 217 Å². The van der Waals surface area contributed by atoms with Crippen LogP contribution in [-0.4, -0.2) is 9.13 Å². The van der Waals surface area contributed by atoms with E-state index in [-0.39, 0.29) is 16.2 Å². The number of aromatic nitrogens is 2. The zero-order valence-corrected chi connectivity index (χ0v) is 51.0. The Morgan fingerprint density at radius 1 is 0.267 bits per heavy atom. The lowest BCUT2D eigenvalue weighted by Gasteiger charge is -2.36. The van der Waals surface area contributed by atoms with Crippen molar-refractivity contribution >= 4 is 65.6 Å². The molecule has 2 saturated carbocycles. The molecule has 0 unspecified atom stereocenters. The highest BCUT2D eigenvalue weighted by Gasteiger charge is 2.47. The predicted molar refractivity (Wildman–Crippen MR) is 375 cm³/mol. The molecule has 0 bridgehead atoms. The van der Waals surface area contributed by atoms with Gasteiger partial charge < -0.3 is 13.6 Å². The van der Waals surface area contributed by atoms with Crippen LogP contribution < -0.4 is 0 Å². The average molecular weight is 1160 g/mol. The monoisotopic (exact) mass is 1150 g/mol. The Hall–Kier alpha value is -9.96. The van der Waals surface area contributed by atoms with E-state index in [1.165, 1.54) is 208 Å². The fourth-order valence-electron chi connectivity index (χ4n) is 18.6. The zero-order valence-electron chi connectivity index (χ0n) is 51.0. The molecule has 2 fully saturated rings. The van der Waals surface area contributed by atoms with E-state index in [4.69, 9.17) is 4.42 Å². The largest absolute Gasteiger partial charge is 0.456 e. The predicted octanol–water partition coefficient (Wildman–Crippen LogP) is 23.5. The summed E-state index contributed by atoms with van der Waals surface area (Å²) in [7, 11) is 0. The summed E-state index contributed by atoms with van der Waals surface area (Å²) < 4.78 is 11.6. The summed E-state index contributed by atoms with van der Waals surface area (Å²) in [5.74, 6) is 0. The number of furan rings is 1. The second kappa shape index (κ2) is 18.6. The van der Waals surface area contributed by atoms with E-state index in [0.717, 1.165) is 22.5 Å². The summed E-state index contributed by atoms with van der Waals surface area (Å²) in [5.41, 5.74) is 33.9. The molecule has 2 spiro atoms. The summed E-state index contributed by atoms with van der Waals surface area (Å²) in [5, 5.41) is 7.43. The SMILES string of the molecule is CC1(C)c2ccc(-c3ccc4c5ccccc5n(-c5ccc(-c6ccc(-n7c8ccccc8c8ccc(-c9ccc%10oc%11cc%12c(cc%11c%10c9)C9(CCCCC9)c9ccccc9-%12)cc87)cc6)cc5)c4c3)cc2-c2cc3c(cc21)-c1ccccc1C31CCCCC1. The number of rotatable bonds is 5. The van der Waals surface area contributed by atoms with E-state index in [2.05, 4.69) is 266 Å². The number of nitrogens with zero attached hydrogens (tertiary/aromatic N) is 2. The van der Waals surface area contributed by atoms with Crippen molar-refractivity contribution in [1.82, 2.24) is 9.13 Å². The van der Waals surface area contributed by atoms with Crippen LogP contribution in [0.4, 0.5) is 0 Å². The average Bonchev–Trinajstić information content (AvgIpc) is 1.59. The van der Waals surface area contributed by atoms with E-state index in [9.17, 15) is 0 Å². The first-order valence-corrected chi connectivity index (χ1v) is 33.1. The fraction of sp³-hybridized carbons (Fsp3) is 0.172. The topological polar surface area (TPSA) is 23.0 Å². The molecule has 0 atom stereocenters. The van der Waals surface area contributed by atoms with Crippen molar-refractivity contribution in [2.24, 2.45) is 0 Å². The first-order chi connectivity index (χ1) is 44.3. The standard InChI is InChI=1S/C87H66N2O/c1-85(2)73-39-31-55(45-67(73)69-50-77-68(49-76(69)85)61-17-5-9-21-74(61)86(77)41-13-3-14-42-86)57-29-37-65-63-19-7-11-23-79(63)88(81(65)47-57)59-33-25-53(26-34-59)54-27-35-60(36-28-54)89-80-24-12-8-20-64(80)66-38-30-58(48-82(66)89)56-32-40-83-71(46-56)72-51-78-70(52-84(72)90-83)62-18-6-10-22-75(62)87(78)43-15-4-16-44-87/h5-12,17-40,45-52H,3-4,13-16,41-44H2,1-2H3. The van der Waals surface area contributed by atoms with Crippen LogP contribution in [0.3, 0.4) is 0 Å². The van der Waals surface area contributed by atoms with Gasteiger partial charge in [-0.1, -0.05) is 204 Å². The third-order valence-corrected chi connectivity index (χ3v) is 22.9. The molecule has 3 nitrogen and oxygen atoms in total. The maximum atomic E-state index is 6.70. The van der Waals surface area contributed by atoms with Gasteiger partial charge in [0.25, 0.3) is 0 Å². The van der Waals surface area contributed by atoms with Crippen LogP contribution >= 0.6 is 0 Å². The van der Waals surface area contributed by atoms with Crippen molar-refractivity contribution in [2.75, 3.05) is 0 Å². The van der Waals surface area contributed by atoms with Crippen molar-refractivity contribution in [3.63, 3.8) is 0 Å². The lowest BCUT2D eigenvalue weighted by molar-refractivity contribution is 0.353. The second-order valence-electron chi connectivity index (χ2n) is 27.7. The maximum absolute atomic E-state index is 6.70. The molecule has 430 valence electrons. The number of para-hydroxylation sites is 2. The van der Waals surface area contributed by atoms with Gasteiger partial charge in [0.05, 0.1) is 22.1 Å². The summed E-state index contributed by atoms with van der Waals surface area (Å²) in [6.45, 7) is 4.87. The van der Waals surface area contributed by atoms with Crippen LogP contribution in [0.25, 0.3) is 144 Å². The molecule has 0 radical (unpaired) electrons. The van der Waals surface area contributed by atoms with Crippen LogP contribution in [0.5, 0.6) is 0 Å². The molecule has 5 aliphatic carbocycles. The minimum atomic E-state index is -0.0961. The molecule has 5 aliphatic rings. The van der Waals surface area contributed by atoms with Gasteiger partial charge in [0.1, 0.15) is 11.2 Å². The lowest BCUT2D eigenvalue weighted by Crippen LogP contribution is -2.28. The molecule has 0 amide bonds. The van der Waals surface area contributed by atoms with Crippen LogP contribution in [-0.2, 0) is 16.2 Å². The third kappa shape index (κ3) is 6.96. The van der Waals surface area contributed by atoms with Gasteiger partial charge in [0.15, 0.2) is 0 Å². The van der Waals surface area contributed by atoms with Crippen LogP contribution in [0, 0.1) is 0 Å². The van der Waals surface area contributed by atoms with Gasteiger partial charge in [-0.3, -0.25) is 0 Å². The Labute approximate surface area is 524 Å². The molecule has 0 aliphatic heterocycles. The van der Waals surface area contributed by atoms with E-state index < -0.39 is 0 Å². The first-order valence-electron chi connectivity index (χ1n) is 33.1. The number of hydrogen-bond acceptors (Lipinski definition) is 1. The Kier molecular flexibility index (Phi) is 10.5. The summed E-state index contributed by atoms with van der Waals surface area (Å²) >= 11 is 0. The molecule has 3 heterocycles. The van der Waals surface area contributed by atoms with Gasteiger partial charge in [-0.25, -0.2) is 0 Å². The van der Waals surface area contributed by atoms with Crippen LogP contribution in [0.2, 0.25) is 0 Å². The summed E-state index contributed by atoms with van der Waals surface area (Å²) in [6.07, 6.45) is 12.7. The fourth-order valence-corrected chi connectivity index (χ4v) is 18.6. The molecule has 12 aromatic carbocycles. The van der Waals surface area contributed by atoms with Crippen molar-refractivity contribution in [3.8, 4) is 78.1 Å². The molecule has 3 heteroatoms. The number of hydrogen-bond donors (Lipinski definition) is 0. The van der Waals surface area contributed by atoms with Gasteiger partial charge in [-0.2, -0.15) is 0 Å². The molecule has 0 N–H and O–H groups in total. The minimum absolute atomic E-state index is 0.0910. The molecule has 15 aromatic rings. The van der Waals surface area contributed by atoms with Crippen molar-refractivity contribution in [2.45, 2.75) is 94.3 Å². The first kappa shape index (κ1) is 51.0. The highest BCUT2D eigenvalue weighted by molar-refractivity contribution is 6.13. The Morgan fingerprint density at radius 2 is 0.689 bits per heavy atom. The van der Waals surface area contributed by atoms with Crippen molar-refractivity contribution in [3.05, 3.63) is 276 Å². The van der Waals surface area contributed by atoms with Gasteiger partial charge in [0.2, 0.25) is 0 Å². The maximum Gasteiger partial charge on any atom is 0.136 e. The van der Waals surface area contributed by atoms with E-state index >= 15 is 0 Å². The van der Waals surface area contributed by atoms with E-state index in [1.807, 2.05) is 0 Å². The number of benzene rings is 12. The quantitative estimate of drug-likeness (QED) is 0.168.